The smallest absolute Gasteiger partial charge is 0.134 e. The molecule has 0 fully saturated rings. The van der Waals surface area contributed by atoms with Gasteiger partial charge in [-0.05, 0) is 59.1 Å². The average Bonchev–Trinajstić information content (AvgIpc) is 2.83. The third kappa shape index (κ3) is 9.32. The fourth-order valence-corrected chi connectivity index (χ4v) is 3.92. The molecule has 0 aliphatic rings. The standard InChI is InChI=1S/C28H39BrO4/c1-5-7-9-11-17-32-26-16-15-24(30-3)19-22(26)13-14-23-20-28(25(29)21-27(23)31-4)33-18-12-10-8-6-2/h13-16,19-21H,5-12,17-18H2,1-4H3/b14-13+. The molecule has 0 unspecified atom stereocenters. The van der Waals surface area contributed by atoms with Gasteiger partial charge in [0.15, 0.2) is 0 Å². The third-order valence-corrected chi connectivity index (χ3v) is 6.07. The van der Waals surface area contributed by atoms with Crippen LogP contribution in [0.25, 0.3) is 12.2 Å². The summed E-state index contributed by atoms with van der Waals surface area (Å²) in [6.45, 7) is 5.85. The second-order valence-electron chi connectivity index (χ2n) is 8.08. The summed E-state index contributed by atoms with van der Waals surface area (Å²) in [5.41, 5.74) is 1.91. The molecule has 0 atom stereocenters. The molecule has 182 valence electrons. The summed E-state index contributed by atoms with van der Waals surface area (Å²) >= 11 is 3.61. The molecule has 0 N–H and O–H groups in total. The molecule has 0 heterocycles. The molecular weight excluding hydrogens is 480 g/mol. The van der Waals surface area contributed by atoms with Crippen LogP contribution in [0.5, 0.6) is 23.0 Å². The summed E-state index contributed by atoms with van der Waals surface area (Å²) in [6.07, 6.45) is 13.5. The average molecular weight is 520 g/mol. The van der Waals surface area contributed by atoms with E-state index in [4.69, 9.17) is 18.9 Å². The summed E-state index contributed by atoms with van der Waals surface area (Å²) in [4.78, 5) is 0. The van der Waals surface area contributed by atoms with Crippen LogP contribution in [0, 0.1) is 0 Å². The minimum absolute atomic E-state index is 0.708. The highest BCUT2D eigenvalue weighted by molar-refractivity contribution is 9.10. The molecule has 0 bridgehead atoms. The first-order chi connectivity index (χ1) is 16.1. The second kappa shape index (κ2) is 15.7. The zero-order valence-corrected chi connectivity index (χ0v) is 22.2. The van der Waals surface area contributed by atoms with Gasteiger partial charge in [0, 0.05) is 11.1 Å². The molecular formula is C28H39BrO4. The maximum atomic E-state index is 6.09. The molecule has 2 aromatic rings. The van der Waals surface area contributed by atoms with Crippen molar-refractivity contribution in [3.8, 4) is 23.0 Å². The normalized spacial score (nSPS) is 11.1. The Labute approximate surface area is 208 Å². The minimum Gasteiger partial charge on any atom is -0.497 e. The van der Waals surface area contributed by atoms with E-state index in [1.54, 1.807) is 14.2 Å². The number of halogens is 1. The van der Waals surface area contributed by atoms with E-state index in [-0.39, 0.29) is 0 Å². The first-order valence-corrected chi connectivity index (χ1v) is 12.9. The van der Waals surface area contributed by atoms with Gasteiger partial charge in [-0.1, -0.05) is 64.5 Å². The van der Waals surface area contributed by atoms with Gasteiger partial charge in [0.25, 0.3) is 0 Å². The summed E-state index contributed by atoms with van der Waals surface area (Å²) in [5.74, 6) is 3.25. The van der Waals surface area contributed by atoms with E-state index in [0.717, 1.165) is 51.4 Å². The molecule has 0 spiro atoms. The van der Waals surface area contributed by atoms with Crippen molar-refractivity contribution in [3.63, 3.8) is 0 Å². The molecule has 4 nitrogen and oxygen atoms in total. The molecule has 0 amide bonds. The van der Waals surface area contributed by atoms with E-state index in [1.807, 2.05) is 42.5 Å². The zero-order valence-electron chi connectivity index (χ0n) is 20.6. The lowest BCUT2D eigenvalue weighted by Crippen LogP contribution is -2.00. The molecule has 0 aliphatic carbocycles. The van der Waals surface area contributed by atoms with Crippen LogP contribution >= 0.6 is 15.9 Å². The van der Waals surface area contributed by atoms with E-state index in [0.29, 0.717) is 13.2 Å². The molecule has 2 aromatic carbocycles. The van der Waals surface area contributed by atoms with Crippen molar-refractivity contribution < 1.29 is 18.9 Å². The van der Waals surface area contributed by atoms with Crippen molar-refractivity contribution in [2.75, 3.05) is 27.4 Å². The number of rotatable bonds is 16. The molecule has 0 radical (unpaired) electrons. The van der Waals surface area contributed by atoms with Crippen molar-refractivity contribution in [1.82, 2.24) is 0 Å². The van der Waals surface area contributed by atoms with Crippen LogP contribution in [-0.2, 0) is 0 Å². The molecule has 2 rings (SSSR count). The Kier molecular flexibility index (Phi) is 12.9. The summed E-state index contributed by atoms with van der Waals surface area (Å²) in [5, 5.41) is 0. The SMILES string of the molecule is CCCCCCOc1cc(/C=C/c2cc(OC)ccc2OCCCCCC)c(OC)cc1Br. The first kappa shape index (κ1) is 27.1. The van der Waals surface area contributed by atoms with Gasteiger partial charge < -0.3 is 18.9 Å². The monoisotopic (exact) mass is 518 g/mol. The predicted molar refractivity (Wildman–Crippen MR) is 142 cm³/mol. The number of benzene rings is 2. The fraction of sp³-hybridized carbons (Fsp3) is 0.500. The Morgan fingerprint density at radius 2 is 1.27 bits per heavy atom. The first-order valence-electron chi connectivity index (χ1n) is 12.1. The van der Waals surface area contributed by atoms with Crippen LogP contribution in [-0.4, -0.2) is 27.4 Å². The zero-order chi connectivity index (χ0) is 23.9. The Balaban J connectivity index is 2.19. The van der Waals surface area contributed by atoms with Crippen LogP contribution in [0.3, 0.4) is 0 Å². The number of unbranched alkanes of at least 4 members (excludes halogenated alkanes) is 6. The lowest BCUT2D eigenvalue weighted by Gasteiger charge is -2.13. The van der Waals surface area contributed by atoms with Gasteiger partial charge in [-0.25, -0.2) is 0 Å². The van der Waals surface area contributed by atoms with Gasteiger partial charge in [-0.3, -0.25) is 0 Å². The van der Waals surface area contributed by atoms with Crippen molar-refractivity contribution >= 4 is 28.1 Å². The molecule has 0 aliphatic heterocycles. The Morgan fingerprint density at radius 1 is 0.667 bits per heavy atom. The van der Waals surface area contributed by atoms with Crippen LogP contribution in [0.4, 0.5) is 0 Å². The fourth-order valence-electron chi connectivity index (χ4n) is 3.49. The third-order valence-electron chi connectivity index (χ3n) is 5.45. The molecule has 0 aromatic heterocycles. The van der Waals surface area contributed by atoms with E-state index in [9.17, 15) is 0 Å². The number of hydrogen-bond acceptors (Lipinski definition) is 4. The van der Waals surface area contributed by atoms with Gasteiger partial charge in [0.05, 0.1) is 31.9 Å². The Hall–Kier alpha value is -2.14. The minimum atomic E-state index is 0.708. The maximum absolute atomic E-state index is 6.09. The molecule has 5 heteroatoms. The second-order valence-corrected chi connectivity index (χ2v) is 8.93. The quantitative estimate of drug-likeness (QED) is 0.164. The van der Waals surface area contributed by atoms with Gasteiger partial charge in [-0.15, -0.1) is 0 Å². The van der Waals surface area contributed by atoms with Gasteiger partial charge in [0.1, 0.15) is 23.0 Å². The topological polar surface area (TPSA) is 36.9 Å². The van der Waals surface area contributed by atoms with Gasteiger partial charge >= 0.3 is 0 Å². The summed E-state index contributed by atoms with van der Waals surface area (Å²) in [7, 11) is 3.36. The molecule has 33 heavy (non-hydrogen) atoms. The van der Waals surface area contributed by atoms with Gasteiger partial charge in [0.2, 0.25) is 0 Å². The van der Waals surface area contributed by atoms with E-state index < -0.39 is 0 Å². The number of hydrogen-bond donors (Lipinski definition) is 0. The van der Waals surface area contributed by atoms with Crippen LogP contribution < -0.4 is 18.9 Å². The van der Waals surface area contributed by atoms with E-state index in [2.05, 4.69) is 29.8 Å². The maximum Gasteiger partial charge on any atom is 0.134 e. The Morgan fingerprint density at radius 3 is 1.85 bits per heavy atom. The molecule has 0 saturated heterocycles. The summed E-state index contributed by atoms with van der Waals surface area (Å²) < 4.78 is 24.1. The Bertz CT molecular complexity index is 863. The lowest BCUT2D eigenvalue weighted by molar-refractivity contribution is 0.302. The van der Waals surface area contributed by atoms with Crippen molar-refractivity contribution in [1.29, 1.82) is 0 Å². The largest absolute Gasteiger partial charge is 0.497 e. The number of methoxy groups -OCH3 is 2. The van der Waals surface area contributed by atoms with Gasteiger partial charge in [-0.2, -0.15) is 0 Å². The predicted octanol–water partition coefficient (Wildman–Crippen LogP) is 8.55. The van der Waals surface area contributed by atoms with Crippen molar-refractivity contribution in [2.45, 2.75) is 65.2 Å². The van der Waals surface area contributed by atoms with Crippen LogP contribution in [0.1, 0.15) is 76.3 Å². The van der Waals surface area contributed by atoms with Crippen molar-refractivity contribution in [2.24, 2.45) is 0 Å². The molecule has 0 saturated carbocycles. The highest BCUT2D eigenvalue weighted by Crippen LogP contribution is 2.35. The van der Waals surface area contributed by atoms with Crippen LogP contribution in [0.2, 0.25) is 0 Å². The van der Waals surface area contributed by atoms with Crippen molar-refractivity contribution in [3.05, 3.63) is 45.9 Å². The lowest BCUT2D eigenvalue weighted by atomic mass is 10.1. The van der Waals surface area contributed by atoms with E-state index in [1.165, 1.54) is 38.5 Å². The van der Waals surface area contributed by atoms with Crippen LogP contribution in [0.15, 0.2) is 34.8 Å². The summed E-state index contributed by atoms with van der Waals surface area (Å²) in [6, 6.07) is 9.88. The van der Waals surface area contributed by atoms with E-state index >= 15 is 0 Å². The highest BCUT2D eigenvalue weighted by Gasteiger charge is 2.10. The number of ether oxygens (including phenoxy) is 4. The highest BCUT2D eigenvalue weighted by atomic mass is 79.9.